The lowest BCUT2D eigenvalue weighted by atomic mass is 10.1. The van der Waals surface area contributed by atoms with Gasteiger partial charge in [0.25, 0.3) is 0 Å². The molecule has 21 heavy (non-hydrogen) atoms. The van der Waals surface area contributed by atoms with Crippen molar-refractivity contribution in [3.05, 3.63) is 69.7 Å². The van der Waals surface area contributed by atoms with E-state index >= 15 is 0 Å². The van der Waals surface area contributed by atoms with Gasteiger partial charge in [-0.3, -0.25) is 0 Å². The molecule has 0 amide bonds. The maximum absolute atomic E-state index is 13.6. The smallest absolute Gasteiger partial charge is 0.131 e. The van der Waals surface area contributed by atoms with E-state index in [2.05, 4.69) is 21.2 Å². The molecule has 0 fully saturated rings. The minimum atomic E-state index is -1.24. The molecule has 0 bridgehead atoms. The Morgan fingerprint density at radius 2 is 1.76 bits per heavy atom. The monoisotopic (exact) mass is 355 g/mol. The molecule has 0 aromatic heterocycles. The molecule has 0 aliphatic heterocycles. The van der Waals surface area contributed by atoms with E-state index in [1.807, 2.05) is 31.2 Å². The van der Waals surface area contributed by atoms with Crippen LogP contribution in [0.2, 0.25) is 0 Å². The maximum Gasteiger partial charge on any atom is 0.131 e. The first-order valence-electron chi connectivity index (χ1n) is 6.60. The molecule has 0 aliphatic carbocycles. The molecule has 2 rings (SSSR count). The highest BCUT2D eigenvalue weighted by Crippen LogP contribution is 2.22. The third kappa shape index (κ3) is 4.09. The summed E-state index contributed by atoms with van der Waals surface area (Å²) in [5.74, 6) is -1.47. The average Bonchev–Trinajstić information content (AvgIpc) is 2.44. The summed E-state index contributed by atoms with van der Waals surface area (Å²) < 4.78 is 28.1. The van der Waals surface area contributed by atoms with E-state index in [1.54, 1.807) is 0 Å². The molecule has 112 valence electrons. The Morgan fingerprint density at radius 1 is 1.14 bits per heavy atom. The van der Waals surface area contributed by atoms with E-state index in [0.29, 0.717) is 0 Å². The lowest BCUT2D eigenvalue weighted by Gasteiger charge is -2.18. The molecular formula is C16H16BrF2NO. The Morgan fingerprint density at radius 3 is 2.38 bits per heavy atom. The van der Waals surface area contributed by atoms with Crippen LogP contribution in [0, 0.1) is 11.6 Å². The maximum atomic E-state index is 13.6. The van der Waals surface area contributed by atoms with Crippen molar-refractivity contribution >= 4 is 15.9 Å². The number of hydrogen-bond acceptors (Lipinski definition) is 2. The van der Waals surface area contributed by atoms with Gasteiger partial charge in [0.05, 0.1) is 11.7 Å². The lowest BCUT2D eigenvalue weighted by Crippen LogP contribution is -2.25. The quantitative estimate of drug-likeness (QED) is 0.845. The van der Waals surface area contributed by atoms with Crippen LogP contribution in [0.4, 0.5) is 8.78 Å². The Balaban J connectivity index is 2.02. The van der Waals surface area contributed by atoms with Crippen molar-refractivity contribution < 1.29 is 13.9 Å². The van der Waals surface area contributed by atoms with Crippen molar-refractivity contribution in [3.8, 4) is 0 Å². The second-order valence-electron chi connectivity index (χ2n) is 4.84. The summed E-state index contributed by atoms with van der Waals surface area (Å²) in [6.45, 7) is 1.98. The van der Waals surface area contributed by atoms with Crippen LogP contribution in [-0.4, -0.2) is 11.7 Å². The minimum absolute atomic E-state index is 0.0491. The highest BCUT2D eigenvalue weighted by atomic mass is 79.9. The second-order valence-corrected chi connectivity index (χ2v) is 5.75. The van der Waals surface area contributed by atoms with Crippen LogP contribution in [0.25, 0.3) is 0 Å². The molecule has 0 heterocycles. The molecule has 0 spiro atoms. The molecule has 2 aromatic carbocycles. The van der Waals surface area contributed by atoms with Crippen LogP contribution in [0.15, 0.2) is 46.9 Å². The van der Waals surface area contributed by atoms with Crippen molar-refractivity contribution in [3.63, 3.8) is 0 Å². The fourth-order valence-electron chi connectivity index (χ4n) is 2.11. The van der Waals surface area contributed by atoms with Crippen LogP contribution in [0.1, 0.15) is 30.2 Å². The van der Waals surface area contributed by atoms with E-state index in [0.717, 1.165) is 22.2 Å². The number of aliphatic hydroxyl groups excluding tert-OH is 1. The van der Waals surface area contributed by atoms with Crippen molar-refractivity contribution in [2.24, 2.45) is 0 Å². The van der Waals surface area contributed by atoms with Crippen LogP contribution in [-0.2, 0) is 0 Å². The largest absolute Gasteiger partial charge is 0.387 e. The Labute approximate surface area is 130 Å². The standard InChI is InChI=1S/C16H16BrF2NO/c1-10(11-4-2-5-12(17)8-11)20-9-15(21)16-13(18)6-3-7-14(16)19/h2-8,10,15,20-21H,9H2,1H3. The molecule has 2 aromatic rings. The van der Waals surface area contributed by atoms with E-state index in [1.165, 1.54) is 6.07 Å². The highest BCUT2D eigenvalue weighted by Gasteiger charge is 2.18. The zero-order valence-corrected chi connectivity index (χ0v) is 13.1. The zero-order valence-electron chi connectivity index (χ0n) is 11.5. The highest BCUT2D eigenvalue weighted by molar-refractivity contribution is 9.10. The molecule has 2 nitrogen and oxygen atoms in total. The normalized spacial score (nSPS) is 14.0. The Kier molecular flexibility index (Phi) is 5.45. The molecule has 0 saturated heterocycles. The molecule has 2 N–H and O–H groups in total. The third-order valence-electron chi connectivity index (χ3n) is 3.30. The van der Waals surface area contributed by atoms with Gasteiger partial charge in [-0.25, -0.2) is 8.78 Å². The molecule has 0 saturated carbocycles. The topological polar surface area (TPSA) is 32.3 Å². The summed E-state index contributed by atoms with van der Waals surface area (Å²) in [7, 11) is 0. The van der Waals surface area contributed by atoms with Crippen LogP contribution in [0.3, 0.4) is 0 Å². The number of rotatable bonds is 5. The van der Waals surface area contributed by atoms with Gasteiger partial charge in [0, 0.05) is 17.1 Å². The molecule has 5 heteroatoms. The number of benzene rings is 2. The van der Waals surface area contributed by atoms with Crippen molar-refractivity contribution in [2.75, 3.05) is 6.54 Å². The summed E-state index contributed by atoms with van der Waals surface area (Å²) in [5.41, 5.74) is 0.719. The lowest BCUT2D eigenvalue weighted by molar-refractivity contribution is 0.161. The summed E-state index contributed by atoms with van der Waals surface area (Å²) in [4.78, 5) is 0. The first kappa shape index (κ1) is 16.1. The predicted molar refractivity (Wildman–Crippen MR) is 81.9 cm³/mol. The SMILES string of the molecule is CC(NCC(O)c1c(F)cccc1F)c1cccc(Br)c1. The molecule has 0 radical (unpaired) electrons. The van der Waals surface area contributed by atoms with Gasteiger partial charge < -0.3 is 10.4 Å². The number of halogens is 3. The molecule has 2 unspecified atom stereocenters. The van der Waals surface area contributed by atoms with Gasteiger partial charge in [-0.2, -0.15) is 0 Å². The summed E-state index contributed by atoms with van der Waals surface area (Å²) in [6.07, 6.45) is -1.24. The van der Waals surface area contributed by atoms with Crippen molar-refractivity contribution in [2.45, 2.75) is 19.1 Å². The summed E-state index contributed by atoms with van der Waals surface area (Å²) in [6, 6.07) is 11.2. The molecular weight excluding hydrogens is 340 g/mol. The minimum Gasteiger partial charge on any atom is -0.387 e. The number of aliphatic hydroxyl groups is 1. The zero-order chi connectivity index (χ0) is 15.4. The van der Waals surface area contributed by atoms with Crippen molar-refractivity contribution in [1.29, 1.82) is 0 Å². The van der Waals surface area contributed by atoms with Gasteiger partial charge in [-0.05, 0) is 36.8 Å². The van der Waals surface area contributed by atoms with Crippen LogP contribution in [0.5, 0.6) is 0 Å². The fourth-order valence-corrected chi connectivity index (χ4v) is 2.53. The van der Waals surface area contributed by atoms with Gasteiger partial charge in [-0.15, -0.1) is 0 Å². The third-order valence-corrected chi connectivity index (χ3v) is 3.79. The predicted octanol–water partition coefficient (Wildman–Crippen LogP) is 4.11. The second kappa shape index (κ2) is 7.11. The Bertz CT molecular complexity index is 601. The van der Waals surface area contributed by atoms with Crippen LogP contribution >= 0.6 is 15.9 Å². The average molecular weight is 356 g/mol. The first-order chi connectivity index (χ1) is 9.99. The molecule has 2 atom stereocenters. The number of nitrogens with one attached hydrogen (secondary N) is 1. The summed E-state index contributed by atoms with van der Waals surface area (Å²) in [5, 5.41) is 13.1. The van der Waals surface area contributed by atoms with Gasteiger partial charge in [0.1, 0.15) is 11.6 Å². The van der Waals surface area contributed by atoms with E-state index < -0.39 is 17.7 Å². The van der Waals surface area contributed by atoms with E-state index in [4.69, 9.17) is 0 Å². The van der Waals surface area contributed by atoms with E-state index in [-0.39, 0.29) is 18.2 Å². The van der Waals surface area contributed by atoms with Gasteiger partial charge in [0.2, 0.25) is 0 Å². The van der Waals surface area contributed by atoms with Gasteiger partial charge in [-0.1, -0.05) is 34.1 Å². The fraction of sp³-hybridized carbons (Fsp3) is 0.250. The summed E-state index contributed by atoms with van der Waals surface area (Å²) >= 11 is 3.39. The van der Waals surface area contributed by atoms with Gasteiger partial charge >= 0.3 is 0 Å². The molecule has 0 aliphatic rings. The van der Waals surface area contributed by atoms with Gasteiger partial charge in [0.15, 0.2) is 0 Å². The van der Waals surface area contributed by atoms with Crippen molar-refractivity contribution in [1.82, 2.24) is 5.32 Å². The number of hydrogen-bond donors (Lipinski definition) is 2. The van der Waals surface area contributed by atoms with E-state index in [9.17, 15) is 13.9 Å². The first-order valence-corrected chi connectivity index (χ1v) is 7.39. The Hall–Kier alpha value is -1.30. The van der Waals surface area contributed by atoms with Crippen LogP contribution < -0.4 is 5.32 Å².